The molecule has 7 nitrogen and oxygen atoms in total. The third-order valence-electron chi connectivity index (χ3n) is 6.01. The predicted molar refractivity (Wildman–Crippen MR) is 125 cm³/mol. The molecule has 1 aliphatic heterocycles. The van der Waals surface area contributed by atoms with Crippen LogP contribution >= 0.6 is 15.9 Å². The Kier molecular flexibility index (Phi) is 6.15. The first-order valence-electron chi connectivity index (χ1n) is 10.3. The van der Waals surface area contributed by atoms with Crippen molar-refractivity contribution in [3.63, 3.8) is 0 Å². The van der Waals surface area contributed by atoms with Crippen LogP contribution in [-0.2, 0) is 14.3 Å². The number of nitrogens with one attached hydrogen (secondary N) is 2. The van der Waals surface area contributed by atoms with E-state index in [4.69, 9.17) is 14.2 Å². The number of anilines is 2. The molecule has 0 saturated heterocycles. The van der Waals surface area contributed by atoms with Crippen molar-refractivity contribution in [3.05, 3.63) is 57.7 Å². The van der Waals surface area contributed by atoms with Crippen molar-refractivity contribution >= 4 is 39.1 Å². The molecule has 2 aliphatic rings. The van der Waals surface area contributed by atoms with Gasteiger partial charge in [-0.3, -0.25) is 9.59 Å². The molecule has 8 heteroatoms. The van der Waals surface area contributed by atoms with E-state index < -0.39 is 17.9 Å². The van der Waals surface area contributed by atoms with Gasteiger partial charge < -0.3 is 24.8 Å². The summed E-state index contributed by atoms with van der Waals surface area (Å²) in [4.78, 5) is 26.2. The lowest BCUT2D eigenvalue weighted by Crippen LogP contribution is -2.39. The Hall–Kier alpha value is -3.00. The van der Waals surface area contributed by atoms with Gasteiger partial charge >= 0.3 is 5.97 Å². The first-order chi connectivity index (χ1) is 15.4. The zero-order valence-corrected chi connectivity index (χ0v) is 19.9. The quantitative estimate of drug-likeness (QED) is 0.464. The van der Waals surface area contributed by atoms with Crippen molar-refractivity contribution in [2.75, 3.05) is 32.0 Å². The van der Waals surface area contributed by atoms with E-state index in [1.807, 2.05) is 43.3 Å². The molecule has 2 N–H and O–H groups in total. The summed E-state index contributed by atoms with van der Waals surface area (Å²) in [6.45, 7) is 1.90. The fourth-order valence-electron chi connectivity index (χ4n) is 4.49. The summed E-state index contributed by atoms with van der Waals surface area (Å²) in [6, 6.07) is 11.0. The molecular weight excluding hydrogens is 476 g/mol. The van der Waals surface area contributed by atoms with Crippen molar-refractivity contribution in [2.45, 2.75) is 19.4 Å². The number of benzene rings is 2. The minimum atomic E-state index is -0.852. The molecular formula is C24H25BrN2O5. The average molecular weight is 501 g/mol. The van der Waals surface area contributed by atoms with E-state index in [1.165, 1.54) is 7.11 Å². The molecule has 1 aliphatic carbocycles. The Balaban J connectivity index is 1.91. The number of carbonyl (C=O) groups excluding carboxylic acids is 2. The standard InChI is InChI=1S/C24H25BrN2O5/c1-12-9-17-20(22(28)19(12)24(29)32-4)21(27-16-8-6-5-7-15(16)26-17)13-10-14(25)23(31-3)18(11-13)30-2/h5-8,10-12,19,21,26-27H,9H2,1-4H3/t12-,19-,21-/m0/s1. The number of Topliss-reactive ketones (excluding diaryl/α,β-unsaturated/α-hetero) is 1. The molecule has 2 aromatic rings. The van der Waals surface area contributed by atoms with Crippen LogP contribution in [0.3, 0.4) is 0 Å². The third kappa shape index (κ3) is 3.72. The summed E-state index contributed by atoms with van der Waals surface area (Å²) in [5.41, 5.74) is 3.85. The molecule has 32 heavy (non-hydrogen) atoms. The molecule has 0 saturated carbocycles. The van der Waals surface area contributed by atoms with Crippen LogP contribution in [0.2, 0.25) is 0 Å². The van der Waals surface area contributed by atoms with Crippen molar-refractivity contribution in [1.29, 1.82) is 0 Å². The SMILES string of the molecule is COC(=O)[C@@H]1C(=O)C2=C(C[C@@H]1C)Nc1ccccc1N[C@H]2c1cc(Br)c(OC)c(OC)c1. The summed E-state index contributed by atoms with van der Waals surface area (Å²) in [5, 5.41) is 6.94. The lowest BCUT2D eigenvalue weighted by Gasteiger charge is -2.32. The number of halogens is 1. The predicted octanol–water partition coefficient (Wildman–Crippen LogP) is 4.70. The summed E-state index contributed by atoms with van der Waals surface area (Å²) in [7, 11) is 4.45. The highest BCUT2D eigenvalue weighted by atomic mass is 79.9. The van der Waals surface area contributed by atoms with E-state index in [2.05, 4.69) is 26.6 Å². The number of esters is 1. The molecule has 0 bridgehead atoms. The van der Waals surface area contributed by atoms with E-state index in [9.17, 15) is 9.59 Å². The zero-order chi connectivity index (χ0) is 23.0. The van der Waals surface area contributed by atoms with Crippen LogP contribution in [0.25, 0.3) is 0 Å². The summed E-state index contributed by atoms with van der Waals surface area (Å²) in [5.74, 6) is -0.697. The highest BCUT2D eigenvalue weighted by molar-refractivity contribution is 9.10. The zero-order valence-electron chi connectivity index (χ0n) is 18.3. The first-order valence-corrected chi connectivity index (χ1v) is 11.1. The van der Waals surface area contributed by atoms with Gasteiger partial charge in [-0.15, -0.1) is 0 Å². The van der Waals surface area contributed by atoms with Crippen molar-refractivity contribution in [2.24, 2.45) is 11.8 Å². The molecule has 0 aromatic heterocycles. The number of allylic oxidation sites excluding steroid dienone is 1. The maximum absolute atomic E-state index is 13.7. The van der Waals surface area contributed by atoms with Gasteiger partial charge in [0.25, 0.3) is 0 Å². The Bertz CT molecular complexity index is 1110. The number of carbonyl (C=O) groups is 2. The average Bonchev–Trinajstić information content (AvgIpc) is 2.94. The maximum Gasteiger partial charge on any atom is 0.316 e. The Morgan fingerprint density at radius 2 is 1.81 bits per heavy atom. The van der Waals surface area contributed by atoms with Crippen LogP contribution < -0.4 is 20.1 Å². The monoisotopic (exact) mass is 500 g/mol. The molecule has 0 spiro atoms. The van der Waals surface area contributed by atoms with E-state index in [0.717, 1.165) is 22.6 Å². The molecule has 0 unspecified atom stereocenters. The summed E-state index contributed by atoms with van der Waals surface area (Å²) < 4.78 is 16.6. The van der Waals surface area contributed by atoms with Gasteiger partial charge in [-0.25, -0.2) is 0 Å². The fraction of sp³-hybridized carbons (Fsp3) is 0.333. The lowest BCUT2D eigenvalue weighted by atomic mass is 9.75. The van der Waals surface area contributed by atoms with Gasteiger partial charge in [0.15, 0.2) is 17.3 Å². The number of hydrogen-bond acceptors (Lipinski definition) is 7. The first kappa shape index (κ1) is 22.2. The van der Waals surface area contributed by atoms with Crippen LogP contribution in [0.4, 0.5) is 11.4 Å². The maximum atomic E-state index is 13.7. The van der Waals surface area contributed by atoms with Gasteiger partial charge in [-0.1, -0.05) is 19.1 Å². The van der Waals surface area contributed by atoms with E-state index in [-0.39, 0.29) is 11.7 Å². The second-order valence-electron chi connectivity index (χ2n) is 7.92. The molecule has 0 amide bonds. The number of ether oxygens (including phenoxy) is 3. The molecule has 4 rings (SSSR count). The smallest absolute Gasteiger partial charge is 0.316 e. The Morgan fingerprint density at radius 1 is 1.09 bits per heavy atom. The van der Waals surface area contributed by atoms with Crippen LogP contribution in [0, 0.1) is 11.8 Å². The number of rotatable bonds is 4. The van der Waals surface area contributed by atoms with Crippen LogP contribution in [0.15, 0.2) is 52.1 Å². The van der Waals surface area contributed by atoms with Gasteiger partial charge in [-0.05, 0) is 58.1 Å². The third-order valence-corrected chi connectivity index (χ3v) is 6.60. The molecule has 168 valence electrons. The van der Waals surface area contributed by atoms with Gasteiger partial charge in [0.2, 0.25) is 0 Å². The van der Waals surface area contributed by atoms with E-state index in [0.29, 0.717) is 28.0 Å². The second kappa shape index (κ2) is 8.86. The number of ketones is 1. The summed E-state index contributed by atoms with van der Waals surface area (Å²) in [6.07, 6.45) is 0.543. The number of methoxy groups -OCH3 is 3. The van der Waals surface area contributed by atoms with Crippen LogP contribution in [0.5, 0.6) is 11.5 Å². The minimum Gasteiger partial charge on any atom is -0.493 e. The minimum absolute atomic E-state index is 0.191. The normalized spacial score (nSPS) is 22.0. The molecule has 2 aromatic carbocycles. The van der Waals surface area contributed by atoms with Crippen molar-refractivity contribution < 1.29 is 23.8 Å². The highest BCUT2D eigenvalue weighted by Gasteiger charge is 2.44. The van der Waals surface area contributed by atoms with E-state index >= 15 is 0 Å². The molecule has 0 radical (unpaired) electrons. The highest BCUT2D eigenvalue weighted by Crippen LogP contribution is 2.46. The van der Waals surface area contributed by atoms with Crippen LogP contribution in [-0.4, -0.2) is 33.1 Å². The van der Waals surface area contributed by atoms with E-state index in [1.54, 1.807) is 14.2 Å². The van der Waals surface area contributed by atoms with Gasteiger partial charge in [0, 0.05) is 11.3 Å². The second-order valence-corrected chi connectivity index (χ2v) is 8.78. The molecule has 1 heterocycles. The number of fused-ring (bicyclic) bond motifs is 1. The largest absolute Gasteiger partial charge is 0.493 e. The Labute approximate surface area is 195 Å². The van der Waals surface area contributed by atoms with Crippen molar-refractivity contribution in [3.8, 4) is 11.5 Å². The van der Waals surface area contributed by atoms with Crippen LogP contribution in [0.1, 0.15) is 24.9 Å². The topological polar surface area (TPSA) is 85.9 Å². The fourth-order valence-corrected chi connectivity index (χ4v) is 5.11. The Morgan fingerprint density at radius 3 is 2.47 bits per heavy atom. The summed E-state index contributed by atoms with van der Waals surface area (Å²) >= 11 is 3.55. The van der Waals surface area contributed by atoms with Gasteiger partial charge in [0.1, 0.15) is 5.92 Å². The number of para-hydroxylation sites is 2. The van der Waals surface area contributed by atoms with Crippen molar-refractivity contribution in [1.82, 2.24) is 0 Å². The van der Waals surface area contributed by atoms with Gasteiger partial charge in [-0.2, -0.15) is 0 Å². The molecule has 3 atom stereocenters. The number of hydrogen-bond donors (Lipinski definition) is 2. The van der Waals surface area contributed by atoms with Gasteiger partial charge in [0.05, 0.1) is 43.2 Å². The molecule has 0 fully saturated rings. The lowest BCUT2D eigenvalue weighted by molar-refractivity contribution is -0.151.